The van der Waals surface area contributed by atoms with Crippen LogP contribution in [0.5, 0.6) is 0 Å². The van der Waals surface area contributed by atoms with Gasteiger partial charge in [-0.05, 0) is 99.7 Å². The highest BCUT2D eigenvalue weighted by Gasteiger charge is 2.53. The number of alkyl halides is 1. The van der Waals surface area contributed by atoms with Gasteiger partial charge in [-0.2, -0.15) is 0 Å². The predicted octanol–water partition coefficient (Wildman–Crippen LogP) is 3.74. The lowest BCUT2D eigenvalue weighted by molar-refractivity contribution is -0.318. The molecule has 2 aromatic rings. The van der Waals surface area contributed by atoms with Crippen LogP contribution in [0.1, 0.15) is 130 Å². The third-order valence-corrected chi connectivity index (χ3v) is 16.9. The van der Waals surface area contributed by atoms with Crippen molar-refractivity contribution in [3.8, 4) is 0 Å². The van der Waals surface area contributed by atoms with Gasteiger partial charge in [0.1, 0.15) is 54.7 Å². The molecule has 5 heterocycles. The maximum atomic E-state index is 14.9. The number of benzene rings is 1. The fraction of sp³-hybridized carbons (Fsp3) is 0.818. The average molecular weight is 1080 g/mol. The zero-order valence-electron chi connectivity index (χ0n) is 47.5. The molecule has 0 saturated carbocycles. The number of hydrogen-bond acceptors (Lipinski definition) is 19. The molecule has 0 aliphatic carbocycles. The van der Waals surface area contributed by atoms with Gasteiger partial charge >= 0.3 is 5.97 Å². The lowest BCUT2D eigenvalue weighted by Crippen LogP contribution is -2.61. The second kappa shape index (κ2) is 26.3. The summed E-state index contributed by atoms with van der Waals surface area (Å²) >= 11 is 0. The van der Waals surface area contributed by atoms with E-state index in [1.165, 1.54) is 18.7 Å². The van der Waals surface area contributed by atoms with Gasteiger partial charge in [0, 0.05) is 83.0 Å². The number of carbonyl (C=O) groups excluding carboxylic acids is 1. The lowest BCUT2D eigenvalue weighted by atomic mass is 9.77. The second-order valence-electron chi connectivity index (χ2n) is 23.1. The van der Waals surface area contributed by atoms with Crippen LogP contribution in [0.4, 0.5) is 4.39 Å². The van der Waals surface area contributed by atoms with Crippen LogP contribution >= 0.6 is 0 Å². The summed E-state index contributed by atoms with van der Waals surface area (Å²) < 4.78 is 60.7. The van der Waals surface area contributed by atoms with Crippen LogP contribution in [0.15, 0.2) is 35.5 Å². The first-order valence-electron chi connectivity index (χ1n) is 27.5. The van der Waals surface area contributed by atoms with Crippen molar-refractivity contribution in [2.24, 2.45) is 22.7 Å². The smallest absolute Gasteiger partial charge is 0.311 e. The number of methoxy groups -OCH3 is 2. The molecule has 0 spiro atoms. The van der Waals surface area contributed by atoms with Crippen LogP contribution in [0.25, 0.3) is 0 Å². The summed E-state index contributed by atoms with van der Waals surface area (Å²) in [6, 6.07) is 5.88. The SMILES string of the molecule is CC[C@H]1OC(=O)[C@H](C)[C@@H](O[C@H]2C[C@@](C)(OC)[C@@H](O)[C@H](C)O2)[C@H](C)[C@@H](O[C@@H]2O[C@H](C)C[C@H](N(C)CCc3cn([C@H](CF)[C@H](OC)c4ccc(C5=NCCCN5)cc4)nn3)[C@H]2O)[C@](C)(O)C[C@@H](C)CN(C)[C@H](C)[C@@H](O)[C@]1(C)O. The van der Waals surface area contributed by atoms with Gasteiger partial charge in [-0.15, -0.1) is 5.10 Å². The van der Waals surface area contributed by atoms with Gasteiger partial charge in [0.25, 0.3) is 0 Å². The van der Waals surface area contributed by atoms with Gasteiger partial charge in [0.15, 0.2) is 12.6 Å². The van der Waals surface area contributed by atoms with Crippen molar-refractivity contribution in [2.45, 2.75) is 210 Å². The number of aliphatic imine (C=N–C) groups is 1. The summed E-state index contributed by atoms with van der Waals surface area (Å²) in [5, 5.41) is 72.0. The van der Waals surface area contributed by atoms with Crippen LogP contribution in [-0.4, -0.2) is 214 Å². The predicted molar refractivity (Wildman–Crippen MR) is 282 cm³/mol. The first-order chi connectivity index (χ1) is 35.8. The number of nitrogens with one attached hydrogen (secondary N) is 1. The molecule has 20 nitrogen and oxygen atoms in total. The number of esters is 1. The molecule has 0 amide bonds. The number of halogens is 1. The minimum absolute atomic E-state index is 0.0851. The van der Waals surface area contributed by atoms with Gasteiger partial charge in [-0.25, -0.2) is 9.07 Å². The molecule has 432 valence electrons. The van der Waals surface area contributed by atoms with E-state index in [9.17, 15) is 34.7 Å². The number of aromatic nitrogens is 3. The molecule has 6 N–H and O–H groups in total. The highest BCUT2D eigenvalue weighted by molar-refractivity contribution is 5.99. The van der Waals surface area contributed by atoms with Gasteiger partial charge in [-0.1, -0.05) is 50.3 Å². The highest BCUT2D eigenvalue weighted by atomic mass is 19.1. The minimum atomic E-state index is -1.85. The molecule has 0 radical (unpaired) electrons. The molecular weight excluding hydrogens is 986 g/mol. The number of nitrogens with zero attached hydrogens (tertiary/aromatic N) is 6. The molecule has 3 saturated heterocycles. The van der Waals surface area contributed by atoms with Crippen molar-refractivity contribution in [3.05, 3.63) is 47.3 Å². The van der Waals surface area contributed by atoms with Gasteiger partial charge in [0.2, 0.25) is 0 Å². The number of amidine groups is 1. The standard InChI is InChI=1S/C55H92FN7O13/c1-15-42-55(10,69)47(65)35(6)62(12)29-31(2)26-53(8,68)49(33(4)45(34(5)51(67)74-42)75-43-27-54(9,71-14)48(66)36(7)73-43)76-52-44(64)40(25-32(3)72-52)61(11)24-21-39-30-63(60-59-39)41(28-56)46(70-13)37-17-19-38(20-18-37)50-57-22-16-23-58-50/h17-20,30-36,40-49,52,64-66,68-69H,15-16,21-29H2,1-14H3,(H,57,58)/t31-,32-,33+,34-,35-,36+,40+,41-,42-,43+,44-,45+,46-,47-,48+,49-,52+,53-,54-,55-/m1/s1. The molecule has 4 aliphatic rings. The van der Waals surface area contributed by atoms with Gasteiger partial charge in [-0.3, -0.25) is 9.79 Å². The lowest BCUT2D eigenvalue weighted by Gasteiger charge is -2.49. The van der Waals surface area contributed by atoms with Crippen LogP contribution in [0.2, 0.25) is 0 Å². The fourth-order valence-corrected chi connectivity index (χ4v) is 12.1. The van der Waals surface area contributed by atoms with E-state index in [0.717, 1.165) is 36.5 Å². The van der Waals surface area contributed by atoms with Crippen molar-refractivity contribution in [1.82, 2.24) is 30.1 Å². The van der Waals surface area contributed by atoms with Crippen molar-refractivity contribution in [2.75, 3.05) is 61.2 Å². The van der Waals surface area contributed by atoms with E-state index in [4.69, 9.17) is 33.2 Å². The summed E-state index contributed by atoms with van der Waals surface area (Å²) in [7, 11) is 6.77. The Bertz CT molecular complexity index is 2170. The largest absolute Gasteiger partial charge is 0.459 e. The van der Waals surface area contributed by atoms with E-state index in [2.05, 4.69) is 20.6 Å². The Morgan fingerprint density at radius 1 is 0.987 bits per heavy atom. The second-order valence-corrected chi connectivity index (χ2v) is 23.1. The van der Waals surface area contributed by atoms with Crippen LogP contribution in [0.3, 0.4) is 0 Å². The van der Waals surface area contributed by atoms with Crippen molar-refractivity contribution < 1.29 is 67.9 Å². The molecule has 4 aliphatic heterocycles. The maximum Gasteiger partial charge on any atom is 0.311 e. The molecule has 6 rings (SSSR count). The van der Waals surface area contributed by atoms with Crippen LogP contribution < -0.4 is 5.32 Å². The molecule has 20 atom stereocenters. The van der Waals surface area contributed by atoms with Crippen LogP contribution in [-0.2, 0) is 44.4 Å². The zero-order valence-corrected chi connectivity index (χ0v) is 47.5. The monoisotopic (exact) mass is 1080 g/mol. The fourth-order valence-electron chi connectivity index (χ4n) is 12.1. The Labute approximate surface area is 449 Å². The van der Waals surface area contributed by atoms with E-state index >= 15 is 0 Å². The summed E-state index contributed by atoms with van der Waals surface area (Å²) in [4.78, 5) is 23.0. The van der Waals surface area contributed by atoms with Crippen LogP contribution in [0, 0.1) is 17.8 Å². The Kier molecular flexibility index (Phi) is 21.4. The van der Waals surface area contributed by atoms with Crippen molar-refractivity contribution in [3.63, 3.8) is 0 Å². The molecule has 3 fully saturated rings. The topological polar surface area (TPSA) is 244 Å². The molecule has 1 aromatic heterocycles. The van der Waals surface area contributed by atoms with E-state index in [-0.39, 0.29) is 25.2 Å². The number of hydrogen-bond donors (Lipinski definition) is 6. The normalized spacial score (nSPS) is 39.6. The van der Waals surface area contributed by atoms with E-state index < -0.39 is 127 Å². The molecular formula is C55H92FN7O13. The highest BCUT2D eigenvalue weighted by Crippen LogP contribution is 2.41. The molecule has 0 bridgehead atoms. The number of carbonyl (C=O) groups is 1. The quantitative estimate of drug-likeness (QED) is 0.131. The summed E-state index contributed by atoms with van der Waals surface area (Å²) in [6.45, 7) is 19.2. The Hall–Kier alpha value is -3.29. The Morgan fingerprint density at radius 2 is 1.68 bits per heavy atom. The summed E-state index contributed by atoms with van der Waals surface area (Å²) in [6.07, 6.45) is -6.96. The third-order valence-electron chi connectivity index (χ3n) is 16.9. The Balaban J connectivity index is 1.25. The molecule has 1 aromatic carbocycles. The maximum absolute atomic E-state index is 14.9. The Morgan fingerprint density at radius 3 is 2.30 bits per heavy atom. The third kappa shape index (κ3) is 14.2. The molecule has 0 unspecified atom stereocenters. The first-order valence-corrected chi connectivity index (χ1v) is 27.5. The first kappa shape index (κ1) is 61.9. The van der Waals surface area contributed by atoms with Gasteiger partial charge in [0.05, 0.1) is 47.2 Å². The van der Waals surface area contributed by atoms with Gasteiger partial charge < -0.3 is 73.8 Å². The number of aliphatic hydroxyl groups is 5. The zero-order chi connectivity index (χ0) is 56.0. The number of cyclic esters (lactones) is 1. The summed E-state index contributed by atoms with van der Waals surface area (Å²) in [5.74, 6) is -2.03. The number of rotatable bonds is 16. The van der Waals surface area contributed by atoms with E-state index in [1.54, 1.807) is 61.8 Å². The van der Waals surface area contributed by atoms with Crippen molar-refractivity contribution >= 4 is 11.8 Å². The van der Waals surface area contributed by atoms with E-state index in [0.29, 0.717) is 31.6 Å². The van der Waals surface area contributed by atoms with Crippen molar-refractivity contribution in [1.29, 1.82) is 0 Å². The molecule has 21 heteroatoms. The number of aliphatic hydroxyl groups excluding tert-OH is 3. The van der Waals surface area contributed by atoms with E-state index in [1.807, 2.05) is 62.0 Å². The summed E-state index contributed by atoms with van der Waals surface area (Å²) in [5.41, 5.74) is -2.24. The number of ether oxygens (including phenoxy) is 7. The minimum Gasteiger partial charge on any atom is -0.459 e. The molecule has 76 heavy (non-hydrogen) atoms. The number of likely N-dealkylation sites (N-methyl/N-ethyl adjacent to an activating group) is 2. The average Bonchev–Trinajstić information content (AvgIpc) is 3.87.